The molecule has 9 heteroatoms. The molecule has 0 radical (unpaired) electrons. The summed E-state index contributed by atoms with van der Waals surface area (Å²) in [7, 11) is 0. The second-order valence-electron chi connectivity index (χ2n) is 6.49. The molecule has 0 saturated carbocycles. The van der Waals surface area contributed by atoms with Crippen molar-refractivity contribution in [1.29, 1.82) is 0 Å². The number of pyridine rings is 1. The molecule has 0 unspecified atom stereocenters. The number of anilines is 1. The quantitative estimate of drug-likeness (QED) is 0.705. The van der Waals surface area contributed by atoms with Gasteiger partial charge in [0.2, 0.25) is 11.8 Å². The minimum Gasteiger partial charge on any atom is -0.459 e. The Hall–Kier alpha value is -2.68. The number of hydrogen-bond donors (Lipinski definition) is 2. The number of likely N-dealkylation sites (tertiary alicyclic amines) is 1. The maximum absolute atomic E-state index is 12.4. The first-order chi connectivity index (χ1) is 13.5. The van der Waals surface area contributed by atoms with E-state index in [4.69, 9.17) is 4.42 Å². The van der Waals surface area contributed by atoms with Gasteiger partial charge in [-0.1, -0.05) is 0 Å². The molecular weight excluding hydrogens is 428 g/mol. The van der Waals surface area contributed by atoms with Crippen LogP contribution in [0, 0.1) is 5.92 Å². The third-order valence-electron chi connectivity index (χ3n) is 4.57. The molecular formula is C19H21BrN4O4. The Labute approximate surface area is 170 Å². The van der Waals surface area contributed by atoms with Crippen LogP contribution in [0.5, 0.6) is 0 Å². The molecule has 2 aromatic rings. The molecule has 0 spiro atoms. The zero-order valence-corrected chi connectivity index (χ0v) is 16.8. The molecule has 3 amide bonds. The van der Waals surface area contributed by atoms with E-state index in [0.717, 1.165) is 4.47 Å². The number of amides is 3. The second-order valence-corrected chi connectivity index (χ2v) is 7.40. The topological polar surface area (TPSA) is 105 Å². The van der Waals surface area contributed by atoms with Crippen LogP contribution < -0.4 is 10.6 Å². The van der Waals surface area contributed by atoms with E-state index in [0.29, 0.717) is 31.7 Å². The van der Waals surface area contributed by atoms with E-state index in [9.17, 15) is 14.4 Å². The Morgan fingerprint density at radius 2 is 2.00 bits per heavy atom. The van der Waals surface area contributed by atoms with Crippen LogP contribution in [0.3, 0.4) is 0 Å². The van der Waals surface area contributed by atoms with Gasteiger partial charge in [0, 0.05) is 42.6 Å². The van der Waals surface area contributed by atoms with Crippen molar-refractivity contribution in [1.82, 2.24) is 15.2 Å². The van der Waals surface area contributed by atoms with Gasteiger partial charge in [-0.3, -0.25) is 14.4 Å². The number of nitrogens with one attached hydrogen (secondary N) is 2. The zero-order valence-electron chi connectivity index (χ0n) is 15.2. The van der Waals surface area contributed by atoms with Crippen LogP contribution in [0.2, 0.25) is 0 Å². The molecule has 3 rings (SSSR count). The van der Waals surface area contributed by atoms with Crippen LogP contribution in [0.4, 0.5) is 5.82 Å². The fourth-order valence-corrected chi connectivity index (χ4v) is 3.24. The van der Waals surface area contributed by atoms with Crippen LogP contribution in [0.15, 0.2) is 45.6 Å². The standard InChI is InChI=1S/C19H21BrN4O4/c20-14-3-4-16(22-12-14)23-18(26)13-6-9-24(10-7-13)17(25)5-8-21-19(27)15-2-1-11-28-15/h1-4,11-13H,5-10H2,(H,21,27)(H,22,23,26). The van der Waals surface area contributed by atoms with Gasteiger partial charge in [0.1, 0.15) is 5.82 Å². The Balaban J connectivity index is 1.38. The van der Waals surface area contributed by atoms with E-state index in [1.165, 1.54) is 6.26 Å². The molecule has 1 aliphatic rings. The molecule has 1 aliphatic heterocycles. The summed E-state index contributed by atoms with van der Waals surface area (Å²) in [5.41, 5.74) is 0. The summed E-state index contributed by atoms with van der Waals surface area (Å²) < 4.78 is 5.84. The molecule has 0 aliphatic carbocycles. The van der Waals surface area contributed by atoms with E-state index in [1.807, 2.05) is 6.07 Å². The molecule has 2 aromatic heterocycles. The Morgan fingerprint density at radius 1 is 1.21 bits per heavy atom. The first kappa shape index (κ1) is 20.1. The third kappa shape index (κ3) is 5.41. The monoisotopic (exact) mass is 448 g/mol. The van der Waals surface area contributed by atoms with Crippen molar-refractivity contribution >= 4 is 39.5 Å². The maximum atomic E-state index is 12.4. The molecule has 0 bridgehead atoms. The van der Waals surface area contributed by atoms with Crippen molar-refractivity contribution in [3.63, 3.8) is 0 Å². The Bertz CT molecular complexity index is 815. The first-order valence-corrected chi connectivity index (χ1v) is 9.84. The molecule has 28 heavy (non-hydrogen) atoms. The average Bonchev–Trinajstić information content (AvgIpc) is 3.24. The van der Waals surface area contributed by atoms with Gasteiger partial charge in [-0.05, 0) is 53.0 Å². The lowest BCUT2D eigenvalue weighted by atomic mass is 9.95. The fraction of sp³-hybridized carbons (Fsp3) is 0.368. The molecule has 1 fully saturated rings. The lowest BCUT2D eigenvalue weighted by molar-refractivity contribution is -0.134. The van der Waals surface area contributed by atoms with E-state index in [1.54, 1.807) is 29.3 Å². The number of rotatable bonds is 6. The van der Waals surface area contributed by atoms with Crippen molar-refractivity contribution < 1.29 is 18.8 Å². The average molecular weight is 449 g/mol. The van der Waals surface area contributed by atoms with Gasteiger partial charge >= 0.3 is 0 Å². The highest BCUT2D eigenvalue weighted by Gasteiger charge is 2.27. The number of hydrogen-bond acceptors (Lipinski definition) is 5. The second kappa shape index (κ2) is 9.50. The molecule has 0 atom stereocenters. The van der Waals surface area contributed by atoms with Crippen molar-refractivity contribution in [2.24, 2.45) is 5.92 Å². The smallest absolute Gasteiger partial charge is 0.286 e. The predicted octanol–water partition coefficient (Wildman–Crippen LogP) is 2.43. The number of carbonyl (C=O) groups excluding carboxylic acids is 3. The van der Waals surface area contributed by atoms with Gasteiger partial charge < -0.3 is 20.0 Å². The maximum Gasteiger partial charge on any atom is 0.286 e. The number of nitrogens with zero attached hydrogens (tertiary/aromatic N) is 2. The summed E-state index contributed by atoms with van der Waals surface area (Å²) in [6.45, 7) is 1.29. The van der Waals surface area contributed by atoms with E-state index in [-0.39, 0.29) is 42.4 Å². The first-order valence-electron chi connectivity index (χ1n) is 9.05. The summed E-state index contributed by atoms with van der Waals surface area (Å²) in [5.74, 6) is 0.141. The van der Waals surface area contributed by atoms with Crippen LogP contribution in [0.25, 0.3) is 0 Å². The normalized spacial score (nSPS) is 14.5. The highest BCUT2D eigenvalue weighted by Crippen LogP contribution is 2.20. The summed E-state index contributed by atoms with van der Waals surface area (Å²) in [4.78, 5) is 42.3. The highest BCUT2D eigenvalue weighted by molar-refractivity contribution is 9.10. The lowest BCUT2D eigenvalue weighted by Crippen LogP contribution is -2.42. The van der Waals surface area contributed by atoms with Gasteiger partial charge in [0.05, 0.1) is 6.26 Å². The van der Waals surface area contributed by atoms with Crippen molar-refractivity contribution in [2.45, 2.75) is 19.3 Å². The predicted molar refractivity (Wildman–Crippen MR) is 106 cm³/mol. The Morgan fingerprint density at radius 3 is 2.64 bits per heavy atom. The molecule has 0 aromatic carbocycles. The fourth-order valence-electron chi connectivity index (χ4n) is 3.01. The van der Waals surface area contributed by atoms with Crippen molar-refractivity contribution in [3.05, 3.63) is 47.0 Å². The Kier molecular flexibility index (Phi) is 6.80. The summed E-state index contributed by atoms with van der Waals surface area (Å²) in [5, 5.41) is 5.47. The highest BCUT2D eigenvalue weighted by atomic mass is 79.9. The van der Waals surface area contributed by atoms with Gasteiger partial charge in [-0.25, -0.2) is 4.98 Å². The van der Waals surface area contributed by atoms with Crippen LogP contribution in [-0.4, -0.2) is 47.2 Å². The molecule has 3 heterocycles. The van der Waals surface area contributed by atoms with Crippen molar-refractivity contribution in [2.75, 3.05) is 25.0 Å². The minimum atomic E-state index is -0.338. The summed E-state index contributed by atoms with van der Waals surface area (Å²) in [6, 6.07) is 6.75. The lowest BCUT2D eigenvalue weighted by Gasteiger charge is -2.31. The van der Waals surface area contributed by atoms with E-state index < -0.39 is 0 Å². The molecule has 8 nitrogen and oxygen atoms in total. The minimum absolute atomic E-state index is 0.0341. The van der Waals surface area contributed by atoms with Crippen LogP contribution >= 0.6 is 15.9 Å². The van der Waals surface area contributed by atoms with Gasteiger partial charge in [-0.2, -0.15) is 0 Å². The van der Waals surface area contributed by atoms with Gasteiger partial charge in [0.15, 0.2) is 5.76 Å². The third-order valence-corrected chi connectivity index (χ3v) is 5.04. The SMILES string of the molecule is O=C(NCCC(=O)N1CCC(C(=O)Nc2ccc(Br)cn2)CC1)c1ccco1. The largest absolute Gasteiger partial charge is 0.459 e. The summed E-state index contributed by atoms with van der Waals surface area (Å²) >= 11 is 3.30. The number of aromatic nitrogens is 1. The number of piperidine rings is 1. The molecule has 1 saturated heterocycles. The molecule has 2 N–H and O–H groups in total. The van der Waals surface area contributed by atoms with Crippen LogP contribution in [-0.2, 0) is 9.59 Å². The van der Waals surface area contributed by atoms with Crippen LogP contribution in [0.1, 0.15) is 29.8 Å². The van der Waals surface area contributed by atoms with Gasteiger partial charge in [-0.15, -0.1) is 0 Å². The van der Waals surface area contributed by atoms with Crippen molar-refractivity contribution in [3.8, 4) is 0 Å². The number of furan rings is 1. The number of carbonyl (C=O) groups is 3. The van der Waals surface area contributed by atoms with E-state index in [2.05, 4.69) is 31.5 Å². The number of halogens is 1. The zero-order chi connectivity index (χ0) is 19.9. The molecule has 148 valence electrons. The van der Waals surface area contributed by atoms with E-state index >= 15 is 0 Å². The summed E-state index contributed by atoms with van der Waals surface area (Å²) in [6.07, 6.45) is 4.47. The van der Waals surface area contributed by atoms with Gasteiger partial charge in [0.25, 0.3) is 5.91 Å².